The highest BCUT2D eigenvalue weighted by molar-refractivity contribution is 5.84. The van der Waals surface area contributed by atoms with E-state index < -0.39 is 11.8 Å². The van der Waals surface area contributed by atoms with Crippen molar-refractivity contribution in [2.24, 2.45) is 23.7 Å². The predicted molar refractivity (Wildman–Crippen MR) is 113 cm³/mol. The second-order valence-electron chi connectivity index (χ2n) is 9.36. The fourth-order valence-electron chi connectivity index (χ4n) is 3.80. The normalized spacial score (nSPS) is 22.7. The molecule has 0 amide bonds. The van der Waals surface area contributed by atoms with Gasteiger partial charge in [0.1, 0.15) is 5.76 Å². The van der Waals surface area contributed by atoms with Crippen LogP contribution in [0.5, 0.6) is 0 Å². The number of unbranched alkanes of at least 4 members (excludes halogenated alkanes) is 4. The molecule has 0 radical (unpaired) electrons. The van der Waals surface area contributed by atoms with Gasteiger partial charge in [0.15, 0.2) is 6.10 Å². The summed E-state index contributed by atoms with van der Waals surface area (Å²) < 4.78 is 16.4. The van der Waals surface area contributed by atoms with E-state index in [9.17, 15) is 9.59 Å². The molecule has 1 saturated heterocycles. The molecule has 3 unspecified atom stereocenters. The molecule has 0 aromatic carbocycles. The molecular formula is C24H40O5. The van der Waals surface area contributed by atoms with Gasteiger partial charge in [0.05, 0.1) is 25.0 Å². The van der Waals surface area contributed by atoms with E-state index in [4.69, 9.17) is 14.2 Å². The highest BCUT2D eigenvalue weighted by Gasteiger charge is 2.48. The van der Waals surface area contributed by atoms with Crippen molar-refractivity contribution >= 4 is 11.9 Å². The molecule has 0 N–H and O–H groups in total. The lowest BCUT2D eigenvalue weighted by Gasteiger charge is -2.22. The average molecular weight is 409 g/mol. The summed E-state index contributed by atoms with van der Waals surface area (Å²) in [4.78, 5) is 25.1. The van der Waals surface area contributed by atoms with Gasteiger partial charge >= 0.3 is 11.9 Å². The molecule has 0 spiro atoms. The van der Waals surface area contributed by atoms with Crippen LogP contribution in [0.4, 0.5) is 0 Å². The summed E-state index contributed by atoms with van der Waals surface area (Å²) in [5.74, 6) is 0.554. The van der Waals surface area contributed by atoms with Gasteiger partial charge < -0.3 is 14.2 Å². The Hall–Kier alpha value is -1.52. The third-order valence-electron chi connectivity index (χ3n) is 5.70. The van der Waals surface area contributed by atoms with Gasteiger partial charge in [-0.1, -0.05) is 66.2 Å². The minimum atomic E-state index is -0.576. The van der Waals surface area contributed by atoms with Gasteiger partial charge in [-0.3, -0.25) is 9.59 Å². The molecule has 5 heteroatoms. The second kappa shape index (κ2) is 12.2. The molecule has 0 aromatic rings. The second-order valence-corrected chi connectivity index (χ2v) is 9.36. The molecule has 1 heterocycles. The quantitative estimate of drug-likeness (QED) is 0.218. The molecule has 1 aliphatic heterocycles. The van der Waals surface area contributed by atoms with Gasteiger partial charge in [-0.25, -0.2) is 0 Å². The van der Waals surface area contributed by atoms with Gasteiger partial charge in [0, 0.05) is 6.42 Å². The first-order chi connectivity index (χ1) is 13.9. The summed E-state index contributed by atoms with van der Waals surface area (Å²) >= 11 is 0. The van der Waals surface area contributed by atoms with Crippen molar-refractivity contribution in [2.45, 2.75) is 91.6 Å². The Morgan fingerprint density at radius 3 is 2.00 bits per heavy atom. The smallest absolute Gasteiger partial charge is 0.313 e. The zero-order valence-corrected chi connectivity index (χ0v) is 18.8. The van der Waals surface area contributed by atoms with Crippen LogP contribution in [0.2, 0.25) is 0 Å². The molecule has 5 nitrogen and oxygen atoms in total. The van der Waals surface area contributed by atoms with Crippen LogP contribution >= 0.6 is 0 Å². The lowest BCUT2D eigenvalue weighted by atomic mass is 9.84. The van der Waals surface area contributed by atoms with Crippen LogP contribution in [-0.2, 0) is 23.8 Å². The maximum absolute atomic E-state index is 12.6. The summed E-state index contributed by atoms with van der Waals surface area (Å²) in [6.07, 6.45) is 10.9. The van der Waals surface area contributed by atoms with Crippen molar-refractivity contribution in [1.29, 1.82) is 0 Å². The Labute approximate surface area is 176 Å². The molecule has 0 bridgehead atoms. The predicted octanol–water partition coefficient (Wildman–Crippen LogP) is 5.42. The minimum Gasteiger partial charge on any atom is -0.483 e. The van der Waals surface area contributed by atoms with Crippen LogP contribution in [0.25, 0.3) is 0 Å². The van der Waals surface area contributed by atoms with Crippen molar-refractivity contribution in [3.05, 3.63) is 11.8 Å². The largest absolute Gasteiger partial charge is 0.483 e. The highest BCUT2D eigenvalue weighted by atomic mass is 16.6. The monoisotopic (exact) mass is 408 g/mol. The number of ether oxygens (including phenoxy) is 3. The molecule has 0 aromatic heterocycles. The van der Waals surface area contributed by atoms with Gasteiger partial charge in [-0.05, 0) is 30.8 Å². The number of hydrogen-bond donors (Lipinski definition) is 0. The van der Waals surface area contributed by atoms with E-state index >= 15 is 0 Å². The lowest BCUT2D eigenvalue weighted by Crippen LogP contribution is -2.34. The van der Waals surface area contributed by atoms with Crippen molar-refractivity contribution in [1.82, 2.24) is 0 Å². The molecule has 29 heavy (non-hydrogen) atoms. The lowest BCUT2D eigenvalue weighted by molar-refractivity contribution is -0.159. The van der Waals surface area contributed by atoms with Crippen LogP contribution in [0.15, 0.2) is 11.8 Å². The summed E-state index contributed by atoms with van der Waals surface area (Å²) in [5, 5.41) is 0. The SMILES string of the molecule is CC(C)CCCCCOC(=O)C1C=C2OC2CC1C(=O)OCCCCCC(C)C. The summed E-state index contributed by atoms with van der Waals surface area (Å²) in [5.41, 5.74) is 0. The zero-order valence-electron chi connectivity index (χ0n) is 18.8. The van der Waals surface area contributed by atoms with Crippen molar-refractivity contribution < 1.29 is 23.8 Å². The number of rotatable bonds is 14. The molecule has 1 fully saturated rings. The fourth-order valence-corrected chi connectivity index (χ4v) is 3.80. The van der Waals surface area contributed by atoms with E-state index in [1.165, 1.54) is 12.8 Å². The first kappa shape index (κ1) is 23.8. The van der Waals surface area contributed by atoms with Crippen LogP contribution in [0.1, 0.15) is 85.5 Å². The van der Waals surface area contributed by atoms with Crippen LogP contribution < -0.4 is 0 Å². The molecule has 3 atom stereocenters. The van der Waals surface area contributed by atoms with E-state index in [1.807, 2.05) is 0 Å². The first-order valence-electron chi connectivity index (χ1n) is 11.6. The van der Waals surface area contributed by atoms with Crippen LogP contribution in [0, 0.1) is 23.7 Å². The molecule has 1 aliphatic carbocycles. The number of hydrogen-bond acceptors (Lipinski definition) is 5. The van der Waals surface area contributed by atoms with Gasteiger partial charge in [-0.15, -0.1) is 0 Å². The third kappa shape index (κ3) is 8.79. The van der Waals surface area contributed by atoms with Gasteiger partial charge in [-0.2, -0.15) is 0 Å². The van der Waals surface area contributed by atoms with E-state index in [-0.39, 0.29) is 18.0 Å². The number of epoxide rings is 1. The molecule has 166 valence electrons. The van der Waals surface area contributed by atoms with E-state index in [0.29, 0.717) is 31.5 Å². The van der Waals surface area contributed by atoms with E-state index in [2.05, 4.69) is 27.7 Å². The average Bonchev–Trinajstić information content (AvgIpc) is 3.44. The van der Waals surface area contributed by atoms with Gasteiger partial charge in [0.25, 0.3) is 0 Å². The van der Waals surface area contributed by atoms with Crippen molar-refractivity contribution in [3.8, 4) is 0 Å². The number of carbonyl (C=O) groups excluding carboxylic acids is 2. The maximum atomic E-state index is 12.6. The number of fused-ring (bicyclic) bond motifs is 1. The third-order valence-corrected chi connectivity index (χ3v) is 5.70. The van der Waals surface area contributed by atoms with Crippen molar-refractivity contribution in [2.75, 3.05) is 13.2 Å². The van der Waals surface area contributed by atoms with E-state index in [0.717, 1.165) is 44.3 Å². The van der Waals surface area contributed by atoms with Crippen LogP contribution in [-0.4, -0.2) is 31.3 Å². The Bertz CT molecular complexity index is 551. The molecular weight excluding hydrogens is 368 g/mol. The minimum absolute atomic E-state index is 0.0151. The Kier molecular flexibility index (Phi) is 10.0. The summed E-state index contributed by atoms with van der Waals surface area (Å²) in [6, 6.07) is 0. The number of carbonyl (C=O) groups is 2. The van der Waals surface area contributed by atoms with Crippen molar-refractivity contribution in [3.63, 3.8) is 0 Å². The zero-order chi connectivity index (χ0) is 21.2. The Balaban J connectivity index is 1.70. The van der Waals surface area contributed by atoms with Crippen LogP contribution in [0.3, 0.4) is 0 Å². The fraction of sp³-hybridized carbons (Fsp3) is 0.833. The standard InChI is InChI=1S/C24H40O5/c1-17(2)11-7-5-9-13-27-23(25)19-15-21-22(29-21)16-20(19)24(26)28-14-10-6-8-12-18(3)4/h15,17-20,22H,5-14,16H2,1-4H3. The molecule has 0 saturated carbocycles. The molecule has 2 rings (SSSR count). The summed E-state index contributed by atoms with van der Waals surface area (Å²) in [6.45, 7) is 9.71. The topological polar surface area (TPSA) is 65.1 Å². The van der Waals surface area contributed by atoms with E-state index in [1.54, 1.807) is 6.08 Å². The number of esters is 2. The Morgan fingerprint density at radius 1 is 0.897 bits per heavy atom. The highest BCUT2D eigenvalue weighted by Crippen LogP contribution is 2.42. The maximum Gasteiger partial charge on any atom is 0.313 e. The molecule has 2 aliphatic rings. The first-order valence-corrected chi connectivity index (χ1v) is 11.6. The van der Waals surface area contributed by atoms with Gasteiger partial charge in [0.2, 0.25) is 0 Å². The Morgan fingerprint density at radius 2 is 1.45 bits per heavy atom. The summed E-state index contributed by atoms with van der Waals surface area (Å²) in [7, 11) is 0.